The molecule has 5 N–H and O–H groups in total. The van der Waals surface area contributed by atoms with E-state index in [1.165, 1.54) is 41.5 Å². The van der Waals surface area contributed by atoms with Crippen LogP contribution in [-0.4, -0.2) is 70.5 Å². The predicted octanol–water partition coefficient (Wildman–Crippen LogP) is 2.47. The number of hydrogen-bond acceptors (Lipinski definition) is 8. The Morgan fingerprint density at radius 1 is 0.733 bits per heavy atom. The van der Waals surface area contributed by atoms with Crippen molar-refractivity contribution in [3.05, 3.63) is 35.9 Å². The van der Waals surface area contributed by atoms with Crippen LogP contribution in [0.1, 0.15) is 88.1 Å². The zero-order valence-electron chi connectivity index (χ0n) is 28.4. The second-order valence-corrected chi connectivity index (χ2v) is 13.9. The highest BCUT2D eigenvalue weighted by atomic mass is 16.6. The molecule has 0 unspecified atom stereocenters. The standard InChI is InChI=1S/C32H51N5O8/c1-20(2)17-22(24(39)36-32(10,11)27(42)45-29(3,4)5)34-26(41)31(8,9)35-23(38)18-33-25(40)30(6,7)37-28(43)44-19-21-15-13-12-14-16-21/h12-16,20,22H,17-19H2,1-11H3,(H,33,40)(H,34,41)(H,35,38)(H,36,39)(H,37,43)/t22-/m0/s1. The molecule has 0 saturated heterocycles. The fourth-order valence-corrected chi connectivity index (χ4v) is 3.80. The van der Waals surface area contributed by atoms with Gasteiger partial charge in [-0.3, -0.25) is 19.2 Å². The quantitative estimate of drug-likeness (QED) is 0.194. The maximum absolute atomic E-state index is 13.2. The normalized spacial score (nSPS) is 12.8. The first-order valence-electron chi connectivity index (χ1n) is 14.9. The van der Waals surface area contributed by atoms with Crippen molar-refractivity contribution < 1.29 is 38.2 Å². The first-order chi connectivity index (χ1) is 20.4. The van der Waals surface area contributed by atoms with Gasteiger partial charge in [-0.05, 0) is 80.2 Å². The third-order valence-electron chi connectivity index (χ3n) is 6.30. The molecule has 13 nitrogen and oxygen atoms in total. The second kappa shape index (κ2) is 15.7. The van der Waals surface area contributed by atoms with Crippen LogP contribution in [0.5, 0.6) is 0 Å². The molecular formula is C32H51N5O8. The fourth-order valence-electron chi connectivity index (χ4n) is 3.80. The molecule has 0 spiro atoms. The minimum atomic E-state index is -1.48. The van der Waals surface area contributed by atoms with Crippen LogP contribution >= 0.6 is 0 Å². The summed E-state index contributed by atoms with van der Waals surface area (Å²) in [5, 5.41) is 12.8. The first kappa shape index (κ1) is 38.9. The summed E-state index contributed by atoms with van der Waals surface area (Å²) in [5.74, 6) is -3.19. The number of amides is 5. The molecule has 0 bridgehead atoms. The molecule has 0 heterocycles. The van der Waals surface area contributed by atoms with Crippen LogP contribution in [0.15, 0.2) is 30.3 Å². The number of ether oxygens (including phenoxy) is 2. The summed E-state index contributed by atoms with van der Waals surface area (Å²) in [6.45, 7) is 17.3. The van der Waals surface area contributed by atoms with Gasteiger partial charge in [-0.15, -0.1) is 0 Å². The van der Waals surface area contributed by atoms with E-state index in [-0.39, 0.29) is 18.9 Å². The van der Waals surface area contributed by atoms with Crippen LogP contribution in [0.4, 0.5) is 4.79 Å². The van der Waals surface area contributed by atoms with Crippen molar-refractivity contribution in [2.24, 2.45) is 5.92 Å². The molecule has 1 atom stereocenters. The summed E-state index contributed by atoms with van der Waals surface area (Å²) < 4.78 is 10.6. The van der Waals surface area contributed by atoms with Crippen LogP contribution < -0.4 is 26.6 Å². The average Bonchev–Trinajstić information content (AvgIpc) is 2.88. The van der Waals surface area contributed by atoms with Crippen molar-refractivity contribution in [2.75, 3.05) is 6.54 Å². The molecule has 5 amide bonds. The monoisotopic (exact) mass is 633 g/mol. The second-order valence-electron chi connectivity index (χ2n) is 13.9. The molecule has 0 aliphatic heterocycles. The van der Waals surface area contributed by atoms with E-state index in [0.29, 0.717) is 0 Å². The van der Waals surface area contributed by atoms with E-state index < -0.39 is 70.5 Å². The summed E-state index contributed by atoms with van der Waals surface area (Å²) in [6, 6.07) is 8.01. The molecule has 0 aromatic heterocycles. The van der Waals surface area contributed by atoms with Gasteiger partial charge in [0, 0.05) is 0 Å². The summed E-state index contributed by atoms with van der Waals surface area (Å²) in [4.78, 5) is 76.7. The maximum atomic E-state index is 13.2. The minimum Gasteiger partial charge on any atom is -0.458 e. The Kier molecular flexibility index (Phi) is 13.6. The first-order valence-corrected chi connectivity index (χ1v) is 14.9. The smallest absolute Gasteiger partial charge is 0.408 e. The van der Waals surface area contributed by atoms with E-state index >= 15 is 0 Å². The van der Waals surface area contributed by atoms with Crippen LogP contribution in [0.3, 0.4) is 0 Å². The van der Waals surface area contributed by atoms with Gasteiger partial charge >= 0.3 is 12.1 Å². The lowest BCUT2D eigenvalue weighted by molar-refractivity contribution is -0.163. The van der Waals surface area contributed by atoms with E-state index in [1.54, 1.807) is 45.0 Å². The maximum Gasteiger partial charge on any atom is 0.408 e. The molecule has 13 heteroatoms. The fraction of sp³-hybridized carbons (Fsp3) is 0.625. The zero-order valence-corrected chi connectivity index (χ0v) is 28.4. The highest BCUT2D eigenvalue weighted by Gasteiger charge is 2.38. The Morgan fingerprint density at radius 2 is 1.29 bits per heavy atom. The van der Waals surface area contributed by atoms with Gasteiger partial charge in [-0.1, -0.05) is 44.2 Å². The van der Waals surface area contributed by atoms with Gasteiger partial charge in [0.25, 0.3) is 0 Å². The van der Waals surface area contributed by atoms with Crippen LogP contribution in [0, 0.1) is 5.92 Å². The lowest BCUT2D eigenvalue weighted by Crippen LogP contribution is -2.62. The number of carbonyl (C=O) groups excluding carboxylic acids is 6. The molecule has 0 fully saturated rings. The largest absolute Gasteiger partial charge is 0.458 e. The third-order valence-corrected chi connectivity index (χ3v) is 6.30. The SMILES string of the molecule is CC(C)C[C@H](NC(=O)C(C)(C)NC(=O)CNC(=O)C(C)(C)NC(=O)OCc1ccccc1)C(=O)NC(C)(C)C(=O)OC(C)(C)C. The number of carbonyl (C=O) groups is 6. The molecular weight excluding hydrogens is 582 g/mol. The van der Waals surface area contributed by atoms with Crippen LogP contribution in [-0.2, 0) is 40.1 Å². The van der Waals surface area contributed by atoms with E-state index in [0.717, 1.165) is 5.56 Å². The van der Waals surface area contributed by atoms with Crippen molar-refractivity contribution in [1.29, 1.82) is 0 Å². The number of alkyl carbamates (subject to hydrolysis) is 1. The van der Waals surface area contributed by atoms with E-state index in [2.05, 4.69) is 26.6 Å². The van der Waals surface area contributed by atoms with Gasteiger partial charge in [-0.25, -0.2) is 9.59 Å². The van der Waals surface area contributed by atoms with E-state index in [9.17, 15) is 28.8 Å². The van der Waals surface area contributed by atoms with E-state index in [4.69, 9.17) is 9.47 Å². The van der Waals surface area contributed by atoms with Gasteiger partial charge in [0.05, 0.1) is 6.54 Å². The zero-order chi connectivity index (χ0) is 34.8. The Bertz CT molecular complexity index is 1220. The van der Waals surface area contributed by atoms with Gasteiger partial charge in [0.2, 0.25) is 23.6 Å². The molecule has 1 rings (SSSR count). The Balaban J connectivity index is 2.75. The summed E-state index contributed by atoms with van der Waals surface area (Å²) >= 11 is 0. The van der Waals surface area contributed by atoms with Gasteiger partial charge in [-0.2, -0.15) is 0 Å². The van der Waals surface area contributed by atoms with Crippen LogP contribution in [0.2, 0.25) is 0 Å². The Morgan fingerprint density at radius 3 is 1.82 bits per heavy atom. The average molecular weight is 634 g/mol. The highest BCUT2D eigenvalue weighted by molar-refractivity contribution is 5.97. The number of rotatable bonds is 14. The van der Waals surface area contributed by atoms with Gasteiger partial charge < -0.3 is 36.1 Å². The van der Waals surface area contributed by atoms with Gasteiger partial charge in [0.15, 0.2) is 0 Å². The molecule has 0 radical (unpaired) electrons. The van der Waals surface area contributed by atoms with Gasteiger partial charge in [0.1, 0.15) is 34.9 Å². The highest BCUT2D eigenvalue weighted by Crippen LogP contribution is 2.16. The van der Waals surface area contributed by atoms with E-state index in [1.807, 2.05) is 19.9 Å². The summed E-state index contributed by atoms with van der Waals surface area (Å²) in [6.07, 6.45) is -0.548. The molecule has 0 aliphatic carbocycles. The Hall–Kier alpha value is -4.16. The number of nitrogens with one attached hydrogen (secondary N) is 5. The lowest BCUT2D eigenvalue weighted by atomic mass is 9.98. The molecule has 45 heavy (non-hydrogen) atoms. The number of benzene rings is 1. The van der Waals surface area contributed by atoms with Crippen molar-refractivity contribution in [3.8, 4) is 0 Å². The number of hydrogen-bond donors (Lipinski definition) is 5. The molecule has 0 aliphatic rings. The lowest BCUT2D eigenvalue weighted by Gasteiger charge is -2.32. The Labute approximate surface area is 266 Å². The van der Waals surface area contributed by atoms with Crippen molar-refractivity contribution in [1.82, 2.24) is 26.6 Å². The molecule has 0 saturated carbocycles. The molecule has 1 aromatic carbocycles. The third kappa shape index (κ3) is 14.0. The molecule has 252 valence electrons. The summed E-state index contributed by atoms with van der Waals surface area (Å²) in [5.41, 5.74) is -4.24. The van der Waals surface area contributed by atoms with Crippen LogP contribution in [0.25, 0.3) is 0 Å². The predicted molar refractivity (Wildman–Crippen MR) is 169 cm³/mol. The van der Waals surface area contributed by atoms with Crippen molar-refractivity contribution in [3.63, 3.8) is 0 Å². The van der Waals surface area contributed by atoms with Crippen molar-refractivity contribution >= 4 is 35.7 Å². The minimum absolute atomic E-state index is 0.00573. The topological polar surface area (TPSA) is 181 Å². The molecule has 1 aromatic rings. The number of esters is 1. The summed E-state index contributed by atoms with van der Waals surface area (Å²) in [7, 11) is 0. The van der Waals surface area contributed by atoms with Crippen molar-refractivity contribution in [2.45, 2.75) is 117 Å².